The molecule has 0 amide bonds. The van der Waals surface area contributed by atoms with Gasteiger partial charge in [0.1, 0.15) is 11.4 Å². The van der Waals surface area contributed by atoms with Gasteiger partial charge in [-0.05, 0) is 20.3 Å². The summed E-state index contributed by atoms with van der Waals surface area (Å²) in [5, 5.41) is 0. The van der Waals surface area contributed by atoms with Crippen molar-refractivity contribution in [2.75, 3.05) is 18.6 Å². The normalized spacial score (nSPS) is 17.7. The third-order valence-corrected chi connectivity index (χ3v) is 3.57. The summed E-state index contributed by atoms with van der Waals surface area (Å²) in [6.45, 7) is 7.87. The third-order valence-electron chi connectivity index (χ3n) is 3.57. The van der Waals surface area contributed by atoms with E-state index < -0.39 is 5.60 Å². The molecule has 0 bridgehead atoms. The maximum atomic E-state index is 5.83. The van der Waals surface area contributed by atoms with Gasteiger partial charge in [0.2, 0.25) is 0 Å². The molecule has 0 saturated carbocycles. The van der Waals surface area contributed by atoms with Crippen LogP contribution in [0.25, 0.3) is 0 Å². The summed E-state index contributed by atoms with van der Waals surface area (Å²) in [5.41, 5.74) is 4.12. The molecule has 19 heavy (non-hydrogen) atoms. The Morgan fingerprint density at radius 1 is 1.42 bits per heavy atom. The highest BCUT2D eigenvalue weighted by Gasteiger charge is 2.31. The summed E-state index contributed by atoms with van der Waals surface area (Å²) in [4.78, 5) is 9.19. The quantitative estimate of drug-likeness (QED) is 0.621. The molecule has 0 saturated heterocycles. The van der Waals surface area contributed by atoms with Gasteiger partial charge in [-0.15, -0.1) is 0 Å². The lowest BCUT2D eigenvalue weighted by Gasteiger charge is -2.29. The number of ether oxygens (including phenoxy) is 2. The topological polar surface area (TPSA) is 82.3 Å². The summed E-state index contributed by atoms with van der Waals surface area (Å²) < 4.78 is 11.3. The molecule has 0 aliphatic carbocycles. The van der Waals surface area contributed by atoms with Crippen LogP contribution in [0.3, 0.4) is 0 Å². The number of hydrogen-bond donors (Lipinski definition) is 2. The number of nitrogens with one attached hydrogen (secondary N) is 1. The van der Waals surface area contributed by atoms with Crippen molar-refractivity contribution < 1.29 is 9.47 Å². The summed E-state index contributed by atoms with van der Waals surface area (Å²) in [6, 6.07) is 0. The molecule has 2 rings (SSSR count). The molecule has 1 atom stereocenters. The van der Waals surface area contributed by atoms with Crippen LogP contribution in [0.5, 0.6) is 0 Å². The SMILES string of the molecule is CCOC(C)(CC)c1nc2c(c(NN)n1)COCC2. The lowest BCUT2D eigenvalue weighted by molar-refractivity contribution is -0.0393. The van der Waals surface area contributed by atoms with Crippen molar-refractivity contribution in [2.24, 2.45) is 5.84 Å². The fourth-order valence-electron chi connectivity index (χ4n) is 2.23. The van der Waals surface area contributed by atoms with Crippen LogP contribution in [-0.2, 0) is 28.1 Å². The molecule has 3 N–H and O–H groups in total. The second-order valence-corrected chi connectivity index (χ2v) is 4.79. The summed E-state index contributed by atoms with van der Waals surface area (Å²) in [7, 11) is 0. The molecule has 1 aromatic heterocycles. The fourth-order valence-corrected chi connectivity index (χ4v) is 2.23. The van der Waals surface area contributed by atoms with Crippen LogP contribution in [0, 0.1) is 0 Å². The van der Waals surface area contributed by atoms with E-state index in [1.54, 1.807) is 0 Å². The molecule has 1 aromatic rings. The van der Waals surface area contributed by atoms with Crippen LogP contribution in [0.15, 0.2) is 0 Å². The molecule has 0 spiro atoms. The first-order valence-corrected chi connectivity index (χ1v) is 6.73. The van der Waals surface area contributed by atoms with Gasteiger partial charge in [-0.1, -0.05) is 6.92 Å². The number of nitrogens with two attached hydrogens (primary N) is 1. The van der Waals surface area contributed by atoms with Crippen LogP contribution in [-0.4, -0.2) is 23.2 Å². The average molecular weight is 266 g/mol. The maximum absolute atomic E-state index is 5.83. The molecule has 1 unspecified atom stereocenters. The first-order chi connectivity index (χ1) is 9.14. The van der Waals surface area contributed by atoms with Gasteiger partial charge in [-0.3, -0.25) is 0 Å². The van der Waals surface area contributed by atoms with Gasteiger partial charge < -0.3 is 14.9 Å². The van der Waals surface area contributed by atoms with Crippen LogP contribution < -0.4 is 11.3 Å². The molecular formula is C13H22N4O2. The molecule has 1 aliphatic heterocycles. The van der Waals surface area contributed by atoms with Crippen LogP contribution in [0.4, 0.5) is 5.82 Å². The van der Waals surface area contributed by atoms with Crippen molar-refractivity contribution in [3.8, 4) is 0 Å². The predicted octanol–water partition coefficient (Wildman–Crippen LogP) is 1.50. The zero-order valence-electron chi connectivity index (χ0n) is 11.8. The Kier molecular flexibility index (Phi) is 4.34. The van der Waals surface area contributed by atoms with Gasteiger partial charge in [0.25, 0.3) is 0 Å². The number of aromatic nitrogens is 2. The van der Waals surface area contributed by atoms with Crippen molar-refractivity contribution >= 4 is 5.82 Å². The summed E-state index contributed by atoms with van der Waals surface area (Å²) in [6.07, 6.45) is 1.59. The Bertz CT molecular complexity index is 435. The van der Waals surface area contributed by atoms with E-state index in [0.717, 1.165) is 24.1 Å². The standard InChI is InChI=1S/C13H22N4O2/c1-4-13(3,19-5-2)12-15-10-6-7-18-8-9(10)11(16-12)17-14/h4-8,14H2,1-3H3,(H,15,16,17). The monoisotopic (exact) mass is 266 g/mol. The Hall–Kier alpha value is -1.24. The van der Waals surface area contributed by atoms with Crippen molar-refractivity contribution in [3.63, 3.8) is 0 Å². The minimum Gasteiger partial charge on any atom is -0.376 e. The highest BCUT2D eigenvalue weighted by molar-refractivity contribution is 5.46. The molecular weight excluding hydrogens is 244 g/mol. The molecule has 106 valence electrons. The summed E-state index contributed by atoms with van der Waals surface area (Å²) >= 11 is 0. The zero-order valence-corrected chi connectivity index (χ0v) is 11.8. The Labute approximate surface area is 113 Å². The lowest BCUT2D eigenvalue weighted by Crippen LogP contribution is -2.30. The largest absolute Gasteiger partial charge is 0.376 e. The van der Waals surface area contributed by atoms with E-state index in [1.807, 2.05) is 13.8 Å². The van der Waals surface area contributed by atoms with Gasteiger partial charge in [0.15, 0.2) is 5.82 Å². The Balaban J connectivity index is 2.46. The highest BCUT2D eigenvalue weighted by Crippen LogP contribution is 2.30. The van der Waals surface area contributed by atoms with Crippen LogP contribution >= 0.6 is 0 Å². The van der Waals surface area contributed by atoms with Crippen molar-refractivity contribution in [3.05, 3.63) is 17.1 Å². The Morgan fingerprint density at radius 3 is 2.84 bits per heavy atom. The van der Waals surface area contributed by atoms with Crippen molar-refractivity contribution in [1.82, 2.24) is 9.97 Å². The second kappa shape index (κ2) is 5.81. The Morgan fingerprint density at radius 2 is 2.21 bits per heavy atom. The molecule has 0 aromatic carbocycles. The van der Waals surface area contributed by atoms with Gasteiger partial charge >= 0.3 is 0 Å². The van der Waals surface area contributed by atoms with Gasteiger partial charge in [-0.25, -0.2) is 15.8 Å². The van der Waals surface area contributed by atoms with E-state index in [4.69, 9.17) is 15.3 Å². The minimum absolute atomic E-state index is 0.478. The molecule has 1 aliphatic rings. The highest BCUT2D eigenvalue weighted by atomic mass is 16.5. The molecule has 2 heterocycles. The predicted molar refractivity (Wildman–Crippen MR) is 72.5 cm³/mol. The van der Waals surface area contributed by atoms with E-state index >= 15 is 0 Å². The second-order valence-electron chi connectivity index (χ2n) is 4.79. The van der Waals surface area contributed by atoms with Gasteiger partial charge in [-0.2, -0.15) is 0 Å². The number of nitrogens with zero attached hydrogens (tertiary/aromatic N) is 2. The van der Waals surface area contributed by atoms with Crippen LogP contribution in [0.1, 0.15) is 44.3 Å². The number of nitrogen functional groups attached to an aromatic ring is 1. The fraction of sp³-hybridized carbons (Fsp3) is 0.692. The first kappa shape index (κ1) is 14.2. The van der Waals surface area contributed by atoms with Gasteiger partial charge in [0.05, 0.1) is 18.9 Å². The smallest absolute Gasteiger partial charge is 0.162 e. The molecule has 6 nitrogen and oxygen atoms in total. The molecule has 0 radical (unpaired) electrons. The number of anilines is 1. The average Bonchev–Trinajstić information content (AvgIpc) is 2.46. The van der Waals surface area contributed by atoms with Gasteiger partial charge in [0, 0.05) is 18.6 Å². The van der Waals surface area contributed by atoms with Crippen molar-refractivity contribution in [2.45, 2.75) is 45.8 Å². The minimum atomic E-state index is -0.478. The lowest BCUT2D eigenvalue weighted by atomic mass is 10.0. The number of rotatable bonds is 5. The van der Waals surface area contributed by atoms with E-state index in [0.29, 0.717) is 31.5 Å². The number of hydrogen-bond acceptors (Lipinski definition) is 6. The maximum Gasteiger partial charge on any atom is 0.162 e. The van der Waals surface area contributed by atoms with E-state index in [1.165, 1.54) is 0 Å². The third kappa shape index (κ3) is 2.70. The van der Waals surface area contributed by atoms with E-state index in [9.17, 15) is 0 Å². The first-order valence-electron chi connectivity index (χ1n) is 6.73. The number of fused-ring (bicyclic) bond motifs is 1. The van der Waals surface area contributed by atoms with Crippen LogP contribution in [0.2, 0.25) is 0 Å². The van der Waals surface area contributed by atoms with E-state index in [-0.39, 0.29) is 0 Å². The van der Waals surface area contributed by atoms with E-state index in [2.05, 4.69) is 22.3 Å². The number of hydrazine groups is 1. The molecule has 0 fully saturated rings. The molecule has 6 heteroatoms. The van der Waals surface area contributed by atoms with Crippen molar-refractivity contribution in [1.29, 1.82) is 0 Å². The zero-order chi connectivity index (χ0) is 13.9. The summed E-state index contributed by atoms with van der Waals surface area (Å²) in [5.74, 6) is 6.89.